The molecule has 2 aromatic carbocycles. The molecule has 2 bridgehead atoms. The van der Waals surface area contributed by atoms with Gasteiger partial charge in [0.15, 0.2) is 0 Å². The summed E-state index contributed by atoms with van der Waals surface area (Å²) in [4.78, 5) is 0. The first-order chi connectivity index (χ1) is 13.6. The third-order valence-electron chi connectivity index (χ3n) is 6.99. The van der Waals surface area contributed by atoms with Gasteiger partial charge in [0.05, 0.1) is 0 Å². The van der Waals surface area contributed by atoms with Crippen LogP contribution in [0.2, 0.25) is 13.1 Å². The Kier molecular flexibility index (Phi) is 5.65. The average molecular weight is 389 g/mol. The van der Waals surface area contributed by atoms with Crippen LogP contribution in [0.15, 0.2) is 42.0 Å². The summed E-state index contributed by atoms with van der Waals surface area (Å²) < 4.78 is 0. The Morgan fingerprint density at radius 3 is 2.21 bits per heavy atom. The van der Waals surface area contributed by atoms with Gasteiger partial charge in [-0.2, -0.15) is 0 Å². The maximum atomic E-state index is 2.59. The number of benzene rings is 2. The lowest BCUT2D eigenvalue weighted by molar-refractivity contribution is 0.662. The maximum Gasteiger partial charge on any atom is 0.113 e. The van der Waals surface area contributed by atoms with Crippen LogP contribution in [0.3, 0.4) is 0 Å². The standard InChI is InChI=1S/C27H36Si/c1-5-7-9-10-12-23-19-22-17-18-24-25(26(22)27(23)28(24,3)4)21-15-13-20(14-16-21)11-8-6-2/h13-18H,5-12,19H2,1-4H3. The fourth-order valence-electron chi connectivity index (χ4n) is 5.48. The van der Waals surface area contributed by atoms with Crippen molar-refractivity contribution in [2.45, 2.75) is 84.7 Å². The molecule has 148 valence electrons. The van der Waals surface area contributed by atoms with Crippen molar-refractivity contribution in [3.05, 3.63) is 58.7 Å². The van der Waals surface area contributed by atoms with E-state index in [1.165, 1.54) is 68.9 Å². The number of aryl methyl sites for hydroxylation is 1. The molecule has 0 aromatic heterocycles. The SMILES string of the molecule is CCCCCCC1=C2c3c(ccc(c3-c3ccc(CCCC)cc3)[Si]2(C)C)C1. The first kappa shape index (κ1) is 19.7. The molecule has 1 heteroatoms. The van der Waals surface area contributed by atoms with Crippen molar-refractivity contribution in [2.24, 2.45) is 0 Å². The van der Waals surface area contributed by atoms with Crippen LogP contribution in [-0.4, -0.2) is 8.07 Å². The maximum absolute atomic E-state index is 2.59. The highest BCUT2D eigenvalue weighted by Crippen LogP contribution is 2.50. The lowest BCUT2D eigenvalue weighted by Gasteiger charge is -2.22. The minimum absolute atomic E-state index is 1.21. The second-order valence-corrected chi connectivity index (χ2v) is 13.7. The molecule has 1 aliphatic heterocycles. The Hall–Kier alpha value is -1.60. The summed E-state index contributed by atoms with van der Waals surface area (Å²) >= 11 is 0. The van der Waals surface area contributed by atoms with Crippen molar-refractivity contribution < 1.29 is 0 Å². The van der Waals surface area contributed by atoms with E-state index in [-0.39, 0.29) is 0 Å². The van der Waals surface area contributed by atoms with E-state index in [0.29, 0.717) is 0 Å². The van der Waals surface area contributed by atoms with Gasteiger partial charge in [0, 0.05) is 0 Å². The molecule has 1 aliphatic carbocycles. The van der Waals surface area contributed by atoms with Gasteiger partial charge in [0.25, 0.3) is 0 Å². The molecule has 1 heterocycles. The predicted octanol–water partition coefficient (Wildman–Crippen LogP) is 7.44. The zero-order valence-electron chi connectivity index (χ0n) is 18.3. The predicted molar refractivity (Wildman–Crippen MR) is 127 cm³/mol. The summed E-state index contributed by atoms with van der Waals surface area (Å²) in [7, 11) is -1.56. The number of hydrogen-bond acceptors (Lipinski definition) is 0. The average Bonchev–Trinajstić information content (AvgIpc) is 3.15. The summed E-state index contributed by atoms with van der Waals surface area (Å²) in [6.07, 6.45) is 11.8. The molecule has 0 N–H and O–H groups in total. The van der Waals surface area contributed by atoms with Gasteiger partial charge in [0.2, 0.25) is 0 Å². The first-order valence-electron chi connectivity index (χ1n) is 11.6. The third-order valence-corrected chi connectivity index (χ3v) is 10.6. The minimum Gasteiger partial charge on any atom is -0.0655 e. The van der Waals surface area contributed by atoms with Gasteiger partial charge >= 0.3 is 0 Å². The number of hydrogen-bond donors (Lipinski definition) is 0. The molecule has 0 atom stereocenters. The second kappa shape index (κ2) is 8.03. The van der Waals surface area contributed by atoms with Crippen molar-refractivity contribution in [1.29, 1.82) is 0 Å². The van der Waals surface area contributed by atoms with Gasteiger partial charge in [-0.15, -0.1) is 0 Å². The lowest BCUT2D eigenvalue weighted by Crippen LogP contribution is -2.39. The molecule has 0 radical (unpaired) electrons. The van der Waals surface area contributed by atoms with Crippen molar-refractivity contribution >= 4 is 18.5 Å². The Bertz CT molecular complexity index is 883. The van der Waals surface area contributed by atoms with Crippen LogP contribution in [0, 0.1) is 0 Å². The fraction of sp³-hybridized carbons (Fsp3) is 0.481. The fourth-order valence-corrected chi connectivity index (χ4v) is 9.15. The van der Waals surface area contributed by atoms with Crippen molar-refractivity contribution in [3.8, 4) is 11.1 Å². The van der Waals surface area contributed by atoms with Crippen LogP contribution < -0.4 is 5.19 Å². The molecule has 0 fully saturated rings. The monoisotopic (exact) mass is 388 g/mol. The Balaban J connectivity index is 1.69. The van der Waals surface area contributed by atoms with E-state index < -0.39 is 8.07 Å². The minimum atomic E-state index is -1.56. The summed E-state index contributed by atoms with van der Waals surface area (Å²) in [5.41, 5.74) is 9.58. The number of fused-ring (bicyclic) bond motifs is 1. The van der Waals surface area contributed by atoms with Gasteiger partial charge in [-0.25, -0.2) is 0 Å². The van der Waals surface area contributed by atoms with Crippen LogP contribution in [0.1, 0.15) is 75.5 Å². The van der Waals surface area contributed by atoms with Gasteiger partial charge in [-0.1, -0.05) is 94.6 Å². The van der Waals surface area contributed by atoms with Crippen LogP contribution in [0.4, 0.5) is 0 Å². The molecule has 2 aliphatic rings. The smallest absolute Gasteiger partial charge is 0.0655 e. The quantitative estimate of drug-likeness (QED) is 0.309. The normalized spacial score (nSPS) is 16.3. The molecular weight excluding hydrogens is 352 g/mol. The lowest BCUT2D eigenvalue weighted by atomic mass is 9.96. The highest BCUT2D eigenvalue weighted by molar-refractivity contribution is 7.07. The molecule has 0 unspecified atom stereocenters. The Morgan fingerprint density at radius 2 is 1.50 bits per heavy atom. The van der Waals surface area contributed by atoms with Crippen molar-refractivity contribution in [1.82, 2.24) is 0 Å². The summed E-state index contributed by atoms with van der Waals surface area (Å²) in [6.45, 7) is 9.76. The van der Waals surface area contributed by atoms with Gasteiger partial charge in [0.1, 0.15) is 8.07 Å². The van der Waals surface area contributed by atoms with Crippen molar-refractivity contribution in [3.63, 3.8) is 0 Å². The van der Waals surface area contributed by atoms with E-state index in [1.54, 1.807) is 27.5 Å². The molecule has 0 saturated carbocycles. The molecule has 0 nitrogen and oxygen atoms in total. The Morgan fingerprint density at radius 1 is 0.750 bits per heavy atom. The first-order valence-corrected chi connectivity index (χ1v) is 14.6. The molecule has 4 rings (SSSR count). The molecular formula is C27H36Si. The molecule has 0 amide bonds. The third kappa shape index (κ3) is 3.32. The van der Waals surface area contributed by atoms with Crippen LogP contribution in [0.5, 0.6) is 0 Å². The topological polar surface area (TPSA) is 0 Å². The van der Waals surface area contributed by atoms with E-state index >= 15 is 0 Å². The van der Waals surface area contributed by atoms with Crippen LogP contribution in [0.25, 0.3) is 16.3 Å². The molecule has 2 aromatic rings. The van der Waals surface area contributed by atoms with Crippen molar-refractivity contribution in [2.75, 3.05) is 0 Å². The van der Waals surface area contributed by atoms with Gasteiger partial charge in [-0.3, -0.25) is 0 Å². The zero-order chi connectivity index (χ0) is 19.7. The number of rotatable bonds is 9. The molecule has 0 saturated heterocycles. The highest BCUT2D eigenvalue weighted by Gasteiger charge is 2.45. The molecule has 28 heavy (non-hydrogen) atoms. The van der Waals surface area contributed by atoms with Crippen LogP contribution >= 0.6 is 0 Å². The summed E-state index contributed by atoms with van der Waals surface area (Å²) in [5.74, 6) is 0. The Labute approximate surface area is 173 Å². The second-order valence-electron chi connectivity index (χ2n) is 9.41. The van der Waals surface area contributed by atoms with E-state index in [2.05, 4.69) is 63.3 Å². The number of unbranched alkanes of at least 4 members (excludes halogenated alkanes) is 4. The summed E-state index contributed by atoms with van der Waals surface area (Å²) in [5, 5.41) is 3.48. The van der Waals surface area contributed by atoms with E-state index in [0.717, 1.165) is 0 Å². The largest absolute Gasteiger partial charge is 0.113 e. The van der Waals surface area contributed by atoms with Gasteiger partial charge < -0.3 is 0 Å². The zero-order valence-corrected chi connectivity index (χ0v) is 19.3. The van der Waals surface area contributed by atoms with E-state index in [1.807, 2.05) is 5.20 Å². The number of allylic oxidation sites excluding steroid dienone is 1. The highest BCUT2D eigenvalue weighted by atomic mass is 28.3. The molecule has 0 spiro atoms. The van der Waals surface area contributed by atoms with E-state index in [4.69, 9.17) is 0 Å². The van der Waals surface area contributed by atoms with Crippen LogP contribution in [-0.2, 0) is 12.8 Å². The summed E-state index contributed by atoms with van der Waals surface area (Å²) in [6, 6.07) is 14.5. The van der Waals surface area contributed by atoms with Gasteiger partial charge in [-0.05, 0) is 70.3 Å². The van der Waals surface area contributed by atoms with E-state index in [9.17, 15) is 0 Å².